The van der Waals surface area contributed by atoms with Gasteiger partial charge < -0.3 is 10.1 Å². The molecule has 0 spiro atoms. The van der Waals surface area contributed by atoms with E-state index in [1.54, 1.807) is 0 Å². The molecule has 1 saturated carbocycles. The fourth-order valence-corrected chi connectivity index (χ4v) is 3.16. The first-order valence-corrected chi connectivity index (χ1v) is 7.63. The van der Waals surface area contributed by atoms with Gasteiger partial charge in [-0.2, -0.15) is 0 Å². The van der Waals surface area contributed by atoms with Gasteiger partial charge in [0.25, 0.3) is 5.91 Å². The van der Waals surface area contributed by atoms with Crippen LogP contribution in [0.4, 0.5) is 0 Å². The van der Waals surface area contributed by atoms with Crippen molar-refractivity contribution in [2.45, 2.75) is 45.1 Å². The van der Waals surface area contributed by atoms with E-state index in [0.717, 1.165) is 42.9 Å². The minimum absolute atomic E-state index is 0.0237. The number of hydrogen-bond donors (Lipinski definition) is 1. The molecule has 0 saturated heterocycles. The minimum atomic E-state index is -0.144. The summed E-state index contributed by atoms with van der Waals surface area (Å²) in [6.45, 7) is 1.95. The van der Waals surface area contributed by atoms with E-state index < -0.39 is 0 Å². The zero-order valence-electron chi connectivity index (χ0n) is 11.7. The highest BCUT2D eigenvalue weighted by molar-refractivity contribution is 7.08. The normalized spacial score (nSPS) is 22.3. The van der Waals surface area contributed by atoms with Crippen LogP contribution in [0.2, 0.25) is 0 Å². The highest BCUT2D eigenvalue weighted by Crippen LogP contribution is 2.25. The summed E-state index contributed by atoms with van der Waals surface area (Å²) in [4.78, 5) is 24.2. The molecule has 0 atom stereocenters. The second-order valence-corrected chi connectivity index (χ2v) is 5.70. The molecule has 0 radical (unpaired) electrons. The molecule has 2 rings (SSSR count). The molecule has 6 nitrogen and oxygen atoms in total. The van der Waals surface area contributed by atoms with E-state index in [-0.39, 0.29) is 23.8 Å². The summed E-state index contributed by atoms with van der Waals surface area (Å²) in [6, 6.07) is 0.121. The molecule has 1 fully saturated rings. The molecule has 1 aromatic heterocycles. The number of carbonyl (C=O) groups excluding carboxylic acids is 2. The fraction of sp³-hybridized carbons (Fsp3) is 0.692. The summed E-state index contributed by atoms with van der Waals surface area (Å²) in [5.41, 5.74) is 0.746. The molecule has 0 aromatic carbocycles. The van der Waals surface area contributed by atoms with Crippen molar-refractivity contribution in [3.8, 4) is 0 Å². The van der Waals surface area contributed by atoms with Gasteiger partial charge in [-0.05, 0) is 43.6 Å². The van der Waals surface area contributed by atoms with E-state index >= 15 is 0 Å². The maximum absolute atomic E-state index is 12.2. The average molecular weight is 297 g/mol. The number of amides is 1. The number of hydrogen-bond acceptors (Lipinski definition) is 6. The predicted molar refractivity (Wildman–Crippen MR) is 74.5 cm³/mol. The van der Waals surface area contributed by atoms with Crippen LogP contribution in [0.5, 0.6) is 0 Å². The topological polar surface area (TPSA) is 81.2 Å². The molecule has 0 aliphatic heterocycles. The molecule has 1 aliphatic carbocycles. The van der Waals surface area contributed by atoms with Crippen molar-refractivity contribution < 1.29 is 14.3 Å². The number of methoxy groups -OCH3 is 1. The summed E-state index contributed by atoms with van der Waals surface area (Å²) in [5, 5.41) is 6.95. The van der Waals surface area contributed by atoms with Crippen LogP contribution in [0.15, 0.2) is 0 Å². The van der Waals surface area contributed by atoms with Gasteiger partial charge >= 0.3 is 5.97 Å². The van der Waals surface area contributed by atoms with Crippen LogP contribution >= 0.6 is 11.5 Å². The van der Waals surface area contributed by atoms with Crippen molar-refractivity contribution in [1.29, 1.82) is 0 Å². The second kappa shape index (κ2) is 6.78. The minimum Gasteiger partial charge on any atom is -0.469 e. The lowest BCUT2D eigenvalue weighted by Gasteiger charge is -2.27. The summed E-state index contributed by atoms with van der Waals surface area (Å²) < 4.78 is 8.58. The quantitative estimate of drug-likeness (QED) is 0.853. The molecule has 1 heterocycles. The van der Waals surface area contributed by atoms with Crippen LogP contribution in [0.1, 0.15) is 48.0 Å². The lowest BCUT2D eigenvalue weighted by atomic mass is 9.86. The van der Waals surface area contributed by atoms with Crippen molar-refractivity contribution in [1.82, 2.24) is 14.9 Å². The van der Waals surface area contributed by atoms with Gasteiger partial charge in [0.2, 0.25) is 0 Å². The fourth-order valence-electron chi connectivity index (χ4n) is 2.50. The van der Waals surface area contributed by atoms with E-state index in [0.29, 0.717) is 11.3 Å². The Bertz CT molecular complexity index is 481. The van der Waals surface area contributed by atoms with Crippen molar-refractivity contribution in [2.24, 2.45) is 5.92 Å². The van der Waals surface area contributed by atoms with Crippen molar-refractivity contribution in [3.05, 3.63) is 10.6 Å². The smallest absolute Gasteiger partial charge is 0.308 e. The molecule has 1 N–H and O–H groups in total. The number of nitrogens with one attached hydrogen (secondary N) is 1. The third kappa shape index (κ3) is 3.33. The van der Waals surface area contributed by atoms with Crippen LogP contribution in [-0.4, -0.2) is 34.6 Å². The van der Waals surface area contributed by atoms with Crippen LogP contribution in [0.3, 0.4) is 0 Å². The van der Waals surface area contributed by atoms with Gasteiger partial charge in [0.1, 0.15) is 4.88 Å². The number of aromatic nitrogens is 2. The molecule has 20 heavy (non-hydrogen) atoms. The maximum Gasteiger partial charge on any atom is 0.308 e. The first-order chi connectivity index (χ1) is 9.65. The van der Waals surface area contributed by atoms with Crippen molar-refractivity contribution >= 4 is 23.4 Å². The summed E-state index contributed by atoms with van der Waals surface area (Å²) in [5.74, 6) is -0.266. The van der Waals surface area contributed by atoms with E-state index in [1.165, 1.54) is 7.11 Å². The number of rotatable bonds is 4. The Labute approximate surface area is 122 Å². The van der Waals surface area contributed by atoms with Crippen molar-refractivity contribution in [2.75, 3.05) is 7.11 Å². The van der Waals surface area contributed by atoms with Gasteiger partial charge in [-0.3, -0.25) is 9.59 Å². The Balaban J connectivity index is 1.86. The van der Waals surface area contributed by atoms with Gasteiger partial charge in [-0.15, -0.1) is 5.10 Å². The Morgan fingerprint density at radius 1 is 1.35 bits per heavy atom. The van der Waals surface area contributed by atoms with Crippen LogP contribution < -0.4 is 5.32 Å². The lowest BCUT2D eigenvalue weighted by Crippen LogP contribution is -2.38. The predicted octanol–water partition coefficient (Wildman–Crippen LogP) is 1.56. The van der Waals surface area contributed by atoms with Gasteiger partial charge in [0.15, 0.2) is 0 Å². The number of nitrogens with zero attached hydrogens (tertiary/aromatic N) is 2. The molecule has 0 unspecified atom stereocenters. The van der Waals surface area contributed by atoms with Crippen LogP contribution in [0.25, 0.3) is 0 Å². The lowest BCUT2D eigenvalue weighted by molar-refractivity contribution is -0.146. The van der Waals surface area contributed by atoms with Crippen molar-refractivity contribution in [3.63, 3.8) is 0 Å². The SMILES string of the molecule is CCc1nnsc1C(=O)NC1CCC(C(=O)OC)CC1. The molecule has 1 aliphatic rings. The van der Waals surface area contributed by atoms with Crippen LogP contribution in [-0.2, 0) is 16.0 Å². The summed E-state index contributed by atoms with van der Waals surface area (Å²) >= 11 is 1.13. The summed E-state index contributed by atoms with van der Waals surface area (Å²) in [7, 11) is 1.42. The standard InChI is InChI=1S/C13H19N3O3S/c1-3-10-11(20-16-15-10)12(17)14-9-6-4-8(5-7-9)13(18)19-2/h8-9H,3-7H2,1-2H3,(H,14,17). The number of carbonyl (C=O) groups is 2. The highest BCUT2D eigenvalue weighted by Gasteiger charge is 2.28. The average Bonchev–Trinajstić information content (AvgIpc) is 2.95. The van der Waals surface area contributed by atoms with E-state index in [1.807, 2.05) is 6.92 Å². The number of aryl methyl sites for hydroxylation is 1. The van der Waals surface area contributed by atoms with E-state index in [2.05, 4.69) is 14.9 Å². The molecule has 1 amide bonds. The van der Waals surface area contributed by atoms with E-state index in [9.17, 15) is 9.59 Å². The molecule has 110 valence electrons. The monoisotopic (exact) mass is 297 g/mol. The zero-order chi connectivity index (χ0) is 14.5. The van der Waals surface area contributed by atoms with Gasteiger partial charge in [0, 0.05) is 6.04 Å². The Morgan fingerprint density at radius 2 is 2.05 bits per heavy atom. The third-order valence-electron chi connectivity index (χ3n) is 3.69. The number of ether oxygens (including phenoxy) is 1. The molecular formula is C13H19N3O3S. The van der Waals surface area contributed by atoms with Gasteiger partial charge in [-0.25, -0.2) is 0 Å². The molecule has 1 aromatic rings. The molecule has 7 heteroatoms. The van der Waals surface area contributed by atoms with E-state index in [4.69, 9.17) is 4.74 Å². The first-order valence-electron chi connectivity index (χ1n) is 6.85. The Kier molecular flexibility index (Phi) is 5.05. The molecular weight excluding hydrogens is 278 g/mol. The second-order valence-electron chi connectivity index (χ2n) is 4.95. The van der Waals surface area contributed by atoms with Crippen LogP contribution in [0, 0.1) is 5.92 Å². The highest BCUT2D eigenvalue weighted by atomic mass is 32.1. The maximum atomic E-state index is 12.2. The molecule has 0 bridgehead atoms. The third-order valence-corrected chi connectivity index (χ3v) is 4.46. The number of esters is 1. The largest absolute Gasteiger partial charge is 0.469 e. The zero-order valence-corrected chi connectivity index (χ0v) is 12.5. The Hall–Kier alpha value is -1.50. The first kappa shape index (κ1) is 14.9. The van der Waals surface area contributed by atoms with Gasteiger partial charge in [-0.1, -0.05) is 11.4 Å². The van der Waals surface area contributed by atoms with Gasteiger partial charge in [0.05, 0.1) is 18.7 Å². The summed E-state index contributed by atoms with van der Waals surface area (Å²) in [6.07, 6.45) is 3.84. The Morgan fingerprint density at radius 3 is 2.65 bits per heavy atom.